The molecular formula is C21H28N2O2. The number of urea groups is 1. The van der Waals surface area contributed by atoms with Gasteiger partial charge >= 0.3 is 6.03 Å². The summed E-state index contributed by atoms with van der Waals surface area (Å²) in [5, 5.41) is 5.90. The molecule has 2 N–H and O–H groups in total. The Labute approximate surface area is 150 Å². The summed E-state index contributed by atoms with van der Waals surface area (Å²) in [6.07, 6.45) is 0.790. The standard InChI is InChI=1S/C21H28N2O2/c1-16-7-5-6-8-19(16)21(2,3)15-23-20(24)22-14-13-17-9-11-18(25-4)12-10-17/h5-12H,13-15H2,1-4H3,(H2,22,23,24). The second kappa shape index (κ2) is 8.56. The smallest absolute Gasteiger partial charge is 0.314 e. The Morgan fingerprint density at radius 3 is 2.36 bits per heavy atom. The van der Waals surface area contributed by atoms with Gasteiger partial charge in [-0.15, -0.1) is 0 Å². The van der Waals surface area contributed by atoms with Crippen molar-refractivity contribution >= 4 is 6.03 Å². The molecule has 0 bridgehead atoms. The van der Waals surface area contributed by atoms with Gasteiger partial charge in [-0.25, -0.2) is 4.79 Å². The first-order valence-electron chi connectivity index (χ1n) is 8.63. The van der Waals surface area contributed by atoms with Gasteiger partial charge in [0.2, 0.25) is 0 Å². The van der Waals surface area contributed by atoms with Crippen LogP contribution in [0, 0.1) is 6.92 Å². The van der Waals surface area contributed by atoms with Crippen molar-refractivity contribution in [2.75, 3.05) is 20.2 Å². The van der Waals surface area contributed by atoms with Gasteiger partial charge in [-0.1, -0.05) is 50.2 Å². The van der Waals surface area contributed by atoms with E-state index in [1.165, 1.54) is 16.7 Å². The predicted molar refractivity (Wildman–Crippen MR) is 102 cm³/mol. The quantitative estimate of drug-likeness (QED) is 0.805. The normalized spacial score (nSPS) is 11.0. The number of hydrogen-bond donors (Lipinski definition) is 2. The van der Waals surface area contributed by atoms with Gasteiger partial charge in [0.25, 0.3) is 0 Å². The molecule has 0 aliphatic rings. The molecule has 2 rings (SSSR count). The van der Waals surface area contributed by atoms with Crippen LogP contribution < -0.4 is 15.4 Å². The van der Waals surface area contributed by atoms with Crippen LogP contribution >= 0.6 is 0 Å². The molecule has 2 aromatic rings. The van der Waals surface area contributed by atoms with Gasteiger partial charge in [0, 0.05) is 18.5 Å². The zero-order valence-electron chi connectivity index (χ0n) is 15.6. The highest BCUT2D eigenvalue weighted by molar-refractivity contribution is 5.74. The summed E-state index contributed by atoms with van der Waals surface area (Å²) >= 11 is 0. The van der Waals surface area contributed by atoms with Crippen LogP contribution in [-0.4, -0.2) is 26.2 Å². The second-order valence-corrected chi connectivity index (χ2v) is 6.91. The maximum Gasteiger partial charge on any atom is 0.314 e. The molecule has 0 saturated heterocycles. The van der Waals surface area contributed by atoms with Crippen LogP contribution in [0.1, 0.15) is 30.5 Å². The summed E-state index contributed by atoms with van der Waals surface area (Å²) in [4.78, 5) is 12.1. The van der Waals surface area contributed by atoms with Gasteiger partial charge < -0.3 is 15.4 Å². The molecule has 2 aromatic carbocycles. The summed E-state index contributed by atoms with van der Waals surface area (Å²) in [5.74, 6) is 0.841. The zero-order chi connectivity index (χ0) is 18.3. The molecule has 4 nitrogen and oxygen atoms in total. The monoisotopic (exact) mass is 340 g/mol. The number of nitrogens with one attached hydrogen (secondary N) is 2. The van der Waals surface area contributed by atoms with Crippen molar-refractivity contribution in [1.82, 2.24) is 10.6 Å². The van der Waals surface area contributed by atoms with Crippen LogP contribution in [-0.2, 0) is 11.8 Å². The van der Waals surface area contributed by atoms with Crippen molar-refractivity contribution in [2.24, 2.45) is 0 Å². The third kappa shape index (κ3) is 5.52. The SMILES string of the molecule is COc1ccc(CCNC(=O)NCC(C)(C)c2ccccc2C)cc1. The van der Waals surface area contributed by atoms with Crippen LogP contribution in [0.4, 0.5) is 4.79 Å². The van der Waals surface area contributed by atoms with Gasteiger partial charge in [0.15, 0.2) is 0 Å². The molecule has 0 spiro atoms. The van der Waals surface area contributed by atoms with Crippen LogP contribution in [0.15, 0.2) is 48.5 Å². The molecule has 4 heteroatoms. The number of benzene rings is 2. The summed E-state index contributed by atoms with van der Waals surface area (Å²) in [6.45, 7) is 7.58. The summed E-state index contributed by atoms with van der Waals surface area (Å²) in [7, 11) is 1.65. The van der Waals surface area contributed by atoms with Gasteiger partial charge in [-0.05, 0) is 42.2 Å². The number of ether oxygens (including phenoxy) is 1. The first-order valence-corrected chi connectivity index (χ1v) is 8.63. The third-order valence-electron chi connectivity index (χ3n) is 4.42. The van der Waals surface area contributed by atoms with Crippen molar-refractivity contribution < 1.29 is 9.53 Å². The zero-order valence-corrected chi connectivity index (χ0v) is 15.6. The molecule has 2 amide bonds. The van der Waals surface area contributed by atoms with Crippen molar-refractivity contribution in [3.63, 3.8) is 0 Å². The maximum atomic E-state index is 12.1. The first-order chi connectivity index (χ1) is 11.9. The van der Waals surface area contributed by atoms with E-state index in [-0.39, 0.29) is 11.4 Å². The third-order valence-corrected chi connectivity index (χ3v) is 4.42. The Bertz CT molecular complexity index is 693. The minimum atomic E-state index is -0.129. The first kappa shape index (κ1) is 18.8. The van der Waals surface area contributed by atoms with Gasteiger partial charge in [0.1, 0.15) is 5.75 Å². The average Bonchev–Trinajstić information content (AvgIpc) is 2.61. The highest BCUT2D eigenvalue weighted by atomic mass is 16.5. The van der Waals surface area contributed by atoms with E-state index in [9.17, 15) is 4.79 Å². The fourth-order valence-corrected chi connectivity index (χ4v) is 2.90. The minimum absolute atomic E-state index is 0.112. The fourth-order valence-electron chi connectivity index (χ4n) is 2.90. The summed E-state index contributed by atoms with van der Waals surface area (Å²) in [5.41, 5.74) is 3.56. The van der Waals surface area contributed by atoms with E-state index in [1.807, 2.05) is 36.4 Å². The predicted octanol–water partition coefficient (Wildman–Crippen LogP) is 3.82. The number of rotatable bonds is 7. The lowest BCUT2D eigenvalue weighted by Crippen LogP contribution is -2.43. The highest BCUT2D eigenvalue weighted by Crippen LogP contribution is 2.25. The molecule has 0 fully saturated rings. The van der Waals surface area contributed by atoms with E-state index in [1.54, 1.807) is 7.11 Å². The molecule has 0 radical (unpaired) electrons. The summed E-state index contributed by atoms with van der Waals surface area (Å²) < 4.78 is 5.14. The Morgan fingerprint density at radius 2 is 1.72 bits per heavy atom. The maximum absolute atomic E-state index is 12.1. The Balaban J connectivity index is 1.77. The molecule has 0 aromatic heterocycles. The Hall–Kier alpha value is -2.49. The molecule has 25 heavy (non-hydrogen) atoms. The number of carbonyl (C=O) groups is 1. The van der Waals surface area contributed by atoms with Gasteiger partial charge in [0.05, 0.1) is 7.11 Å². The average molecular weight is 340 g/mol. The van der Waals surface area contributed by atoms with Crippen molar-refractivity contribution in [1.29, 1.82) is 0 Å². The number of amides is 2. The largest absolute Gasteiger partial charge is 0.497 e. The molecule has 134 valence electrons. The van der Waals surface area contributed by atoms with Crippen LogP contribution in [0.25, 0.3) is 0 Å². The molecule has 0 unspecified atom stereocenters. The topological polar surface area (TPSA) is 50.4 Å². The lowest BCUT2D eigenvalue weighted by molar-refractivity contribution is 0.238. The van der Waals surface area contributed by atoms with Crippen LogP contribution in [0.3, 0.4) is 0 Å². The molecule has 0 atom stereocenters. The van der Waals surface area contributed by atoms with E-state index in [0.29, 0.717) is 13.1 Å². The minimum Gasteiger partial charge on any atom is -0.497 e. The van der Waals surface area contributed by atoms with Gasteiger partial charge in [-0.3, -0.25) is 0 Å². The second-order valence-electron chi connectivity index (χ2n) is 6.91. The summed E-state index contributed by atoms with van der Waals surface area (Å²) in [6, 6.07) is 16.1. The Morgan fingerprint density at radius 1 is 1.04 bits per heavy atom. The van der Waals surface area contributed by atoms with Crippen molar-refractivity contribution in [2.45, 2.75) is 32.6 Å². The highest BCUT2D eigenvalue weighted by Gasteiger charge is 2.22. The van der Waals surface area contributed by atoms with Gasteiger partial charge in [-0.2, -0.15) is 0 Å². The number of methoxy groups -OCH3 is 1. The molecular weight excluding hydrogens is 312 g/mol. The molecule has 0 aliphatic carbocycles. The molecule has 0 heterocycles. The fraction of sp³-hybridized carbons (Fsp3) is 0.381. The number of carbonyl (C=O) groups excluding carboxylic acids is 1. The van der Waals surface area contributed by atoms with E-state index < -0.39 is 0 Å². The number of hydrogen-bond acceptors (Lipinski definition) is 2. The van der Waals surface area contributed by atoms with Crippen LogP contribution in [0.5, 0.6) is 5.75 Å². The lowest BCUT2D eigenvalue weighted by Gasteiger charge is -2.27. The molecule has 0 aliphatic heterocycles. The lowest BCUT2D eigenvalue weighted by atomic mass is 9.82. The van der Waals surface area contributed by atoms with E-state index in [0.717, 1.165) is 12.2 Å². The molecule has 0 saturated carbocycles. The van der Waals surface area contributed by atoms with Crippen molar-refractivity contribution in [3.05, 3.63) is 65.2 Å². The van der Waals surface area contributed by atoms with E-state index in [4.69, 9.17) is 4.74 Å². The Kier molecular flexibility index (Phi) is 6.45. The van der Waals surface area contributed by atoms with Crippen LogP contribution in [0.2, 0.25) is 0 Å². The van der Waals surface area contributed by atoms with E-state index in [2.05, 4.69) is 43.5 Å². The number of aryl methyl sites for hydroxylation is 1. The van der Waals surface area contributed by atoms with E-state index >= 15 is 0 Å². The van der Waals surface area contributed by atoms with Crippen molar-refractivity contribution in [3.8, 4) is 5.75 Å².